The second-order valence-corrected chi connectivity index (χ2v) is 5.23. The molecule has 0 aliphatic heterocycles. The van der Waals surface area contributed by atoms with Gasteiger partial charge in [-0.25, -0.2) is 0 Å². The molecule has 0 unspecified atom stereocenters. The molecule has 0 saturated heterocycles. The lowest BCUT2D eigenvalue weighted by atomic mass is 10.0. The summed E-state index contributed by atoms with van der Waals surface area (Å²) in [5.41, 5.74) is 0.321. The summed E-state index contributed by atoms with van der Waals surface area (Å²) in [6, 6.07) is 0. The SMILES string of the molecule is CCC(=O)C[C@H]1[C@@H](CCOCOC)C1(C)C. The molecule has 1 fully saturated rings. The average molecular weight is 228 g/mol. The maximum absolute atomic E-state index is 11.4. The van der Waals surface area contributed by atoms with Crippen LogP contribution in [0, 0.1) is 17.3 Å². The molecule has 3 heteroatoms. The Morgan fingerprint density at radius 2 is 2.00 bits per heavy atom. The molecule has 3 nitrogen and oxygen atoms in total. The molecule has 1 aliphatic carbocycles. The van der Waals surface area contributed by atoms with E-state index in [1.165, 1.54) is 0 Å². The first kappa shape index (κ1) is 13.7. The number of ether oxygens (including phenoxy) is 2. The van der Waals surface area contributed by atoms with Crippen molar-refractivity contribution in [2.75, 3.05) is 20.5 Å². The molecule has 0 spiro atoms. The van der Waals surface area contributed by atoms with Crippen LogP contribution in [-0.2, 0) is 14.3 Å². The van der Waals surface area contributed by atoms with Crippen molar-refractivity contribution in [1.82, 2.24) is 0 Å². The molecule has 0 heterocycles. The zero-order chi connectivity index (χ0) is 12.2. The molecule has 0 aromatic carbocycles. The number of ketones is 1. The first-order chi connectivity index (χ1) is 7.54. The summed E-state index contributed by atoms with van der Waals surface area (Å²) >= 11 is 0. The van der Waals surface area contributed by atoms with E-state index in [0.717, 1.165) is 19.4 Å². The Bertz CT molecular complexity index is 235. The number of methoxy groups -OCH3 is 1. The highest BCUT2D eigenvalue weighted by atomic mass is 16.7. The predicted molar refractivity (Wildman–Crippen MR) is 63.1 cm³/mol. The summed E-state index contributed by atoms with van der Waals surface area (Å²) in [7, 11) is 1.63. The zero-order valence-corrected chi connectivity index (χ0v) is 10.9. The number of hydrogen-bond donors (Lipinski definition) is 0. The van der Waals surface area contributed by atoms with Gasteiger partial charge in [0.05, 0.1) is 0 Å². The van der Waals surface area contributed by atoms with Crippen molar-refractivity contribution >= 4 is 5.78 Å². The third-order valence-electron chi connectivity index (χ3n) is 3.90. The first-order valence-corrected chi connectivity index (χ1v) is 6.12. The third kappa shape index (κ3) is 3.29. The number of carbonyl (C=O) groups is 1. The minimum Gasteiger partial charge on any atom is -0.359 e. The largest absolute Gasteiger partial charge is 0.359 e. The molecule has 0 aromatic rings. The van der Waals surface area contributed by atoms with Crippen molar-refractivity contribution in [3.63, 3.8) is 0 Å². The van der Waals surface area contributed by atoms with Gasteiger partial charge in [0, 0.05) is 26.6 Å². The van der Waals surface area contributed by atoms with Gasteiger partial charge in [-0.05, 0) is 23.7 Å². The van der Waals surface area contributed by atoms with Gasteiger partial charge in [-0.2, -0.15) is 0 Å². The molecule has 94 valence electrons. The predicted octanol–water partition coefficient (Wildman–Crippen LogP) is 2.64. The summed E-state index contributed by atoms with van der Waals surface area (Å²) in [4.78, 5) is 11.4. The second kappa shape index (κ2) is 5.78. The van der Waals surface area contributed by atoms with Crippen LogP contribution in [0.25, 0.3) is 0 Å². The Kier molecular flexibility index (Phi) is 4.93. The monoisotopic (exact) mass is 228 g/mol. The molecule has 0 N–H and O–H groups in total. The van der Waals surface area contributed by atoms with Crippen LogP contribution in [0.1, 0.15) is 40.0 Å². The van der Waals surface area contributed by atoms with Crippen LogP contribution in [0.2, 0.25) is 0 Å². The fraction of sp³-hybridized carbons (Fsp3) is 0.923. The fourth-order valence-electron chi connectivity index (χ4n) is 2.58. The Labute approximate surface area is 98.5 Å². The summed E-state index contributed by atoms with van der Waals surface area (Å²) in [5.74, 6) is 1.59. The van der Waals surface area contributed by atoms with E-state index in [1.807, 2.05) is 6.92 Å². The summed E-state index contributed by atoms with van der Waals surface area (Å²) in [6.45, 7) is 7.54. The smallest absolute Gasteiger partial charge is 0.146 e. The van der Waals surface area contributed by atoms with Crippen molar-refractivity contribution < 1.29 is 14.3 Å². The fourth-order valence-corrected chi connectivity index (χ4v) is 2.58. The molecular weight excluding hydrogens is 204 g/mol. The summed E-state index contributed by atoms with van der Waals surface area (Å²) in [5, 5.41) is 0. The van der Waals surface area contributed by atoms with Crippen molar-refractivity contribution in [2.45, 2.75) is 40.0 Å². The van der Waals surface area contributed by atoms with Gasteiger partial charge in [-0.3, -0.25) is 4.79 Å². The van der Waals surface area contributed by atoms with Gasteiger partial charge in [0.25, 0.3) is 0 Å². The van der Waals surface area contributed by atoms with Gasteiger partial charge >= 0.3 is 0 Å². The quantitative estimate of drug-likeness (QED) is 0.473. The maximum Gasteiger partial charge on any atom is 0.146 e. The molecular formula is C13H24O3. The molecule has 1 rings (SSSR count). The number of carbonyl (C=O) groups excluding carboxylic acids is 1. The Balaban J connectivity index is 2.25. The van der Waals surface area contributed by atoms with E-state index in [2.05, 4.69) is 13.8 Å². The van der Waals surface area contributed by atoms with Crippen LogP contribution in [0.5, 0.6) is 0 Å². The van der Waals surface area contributed by atoms with E-state index in [-0.39, 0.29) is 0 Å². The molecule has 0 bridgehead atoms. The van der Waals surface area contributed by atoms with Crippen molar-refractivity contribution in [3.8, 4) is 0 Å². The molecule has 16 heavy (non-hydrogen) atoms. The zero-order valence-electron chi connectivity index (χ0n) is 10.9. The van der Waals surface area contributed by atoms with E-state index >= 15 is 0 Å². The van der Waals surface area contributed by atoms with Crippen LogP contribution in [0.15, 0.2) is 0 Å². The van der Waals surface area contributed by atoms with Crippen molar-refractivity contribution in [2.24, 2.45) is 17.3 Å². The number of rotatable bonds is 8. The lowest BCUT2D eigenvalue weighted by Crippen LogP contribution is -2.01. The summed E-state index contributed by atoms with van der Waals surface area (Å²) in [6.07, 6.45) is 2.45. The van der Waals surface area contributed by atoms with Crippen LogP contribution < -0.4 is 0 Å². The number of Topliss-reactive ketones (excluding diaryl/α,β-unsaturated/α-hetero) is 1. The lowest BCUT2D eigenvalue weighted by molar-refractivity contribution is -0.119. The highest BCUT2D eigenvalue weighted by Crippen LogP contribution is 2.61. The van der Waals surface area contributed by atoms with Crippen LogP contribution in [0.4, 0.5) is 0 Å². The van der Waals surface area contributed by atoms with Gasteiger partial charge in [0.2, 0.25) is 0 Å². The molecule has 2 atom stereocenters. The van der Waals surface area contributed by atoms with Gasteiger partial charge in [0.15, 0.2) is 0 Å². The van der Waals surface area contributed by atoms with Gasteiger partial charge < -0.3 is 9.47 Å². The second-order valence-electron chi connectivity index (χ2n) is 5.23. The van der Waals surface area contributed by atoms with E-state index in [9.17, 15) is 4.79 Å². The van der Waals surface area contributed by atoms with Gasteiger partial charge in [-0.15, -0.1) is 0 Å². The van der Waals surface area contributed by atoms with Crippen molar-refractivity contribution in [1.29, 1.82) is 0 Å². The van der Waals surface area contributed by atoms with Gasteiger partial charge in [0.1, 0.15) is 12.6 Å². The van der Waals surface area contributed by atoms with Crippen molar-refractivity contribution in [3.05, 3.63) is 0 Å². The van der Waals surface area contributed by atoms with E-state index < -0.39 is 0 Å². The lowest BCUT2D eigenvalue weighted by Gasteiger charge is -2.03. The topological polar surface area (TPSA) is 35.5 Å². The van der Waals surface area contributed by atoms with Crippen LogP contribution in [-0.4, -0.2) is 26.3 Å². The minimum atomic E-state index is 0.321. The van der Waals surface area contributed by atoms with E-state index in [4.69, 9.17) is 9.47 Å². The normalized spacial score (nSPS) is 26.8. The minimum absolute atomic E-state index is 0.321. The molecule has 1 aliphatic rings. The number of hydrogen-bond acceptors (Lipinski definition) is 3. The average Bonchev–Trinajstić information content (AvgIpc) is 2.75. The Hall–Kier alpha value is -0.410. The molecule has 0 radical (unpaired) electrons. The first-order valence-electron chi connectivity index (χ1n) is 6.12. The molecule has 1 saturated carbocycles. The van der Waals surface area contributed by atoms with E-state index in [0.29, 0.717) is 36.2 Å². The highest BCUT2D eigenvalue weighted by molar-refractivity contribution is 5.78. The molecule has 0 amide bonds. The Morgan fingerprint density at radius 1 is 1.31 bits per heavy atom. The van der Waals surface area contributed by atoms with Gasteiger partial charge in [-0.1, -0.05) is 20.8 Å². The third-order valence-corrected chi connectivity index (χ3v) is 3.90. The maximum atomic E-state index is 11.4. The Morgan fingerprint density at radius 3 is 2.56 bits per heavy atom. The van der Waals surface area contributed by atoms with Crippen LogP contribution >= 0.6 is 0 Å². The van der Waals surface area contributed by atoms with E-state index in [1.54, 1.807) is 7.11 Å². The summed E-state index contributed by atoms with van der Waals surface area (Å²) < 4.78 is 10.1. The standard InChI is InChI=1S/C13H24O3/c1-5-10(14)8-12-11(13(12,2)3)6-7-16-9-15-4/h11-12H,5-9H2,1-4H3/t11-,12+/m1/s1. The molecule has 0 aromatic heterocycles. The highest BCUT2D eigenvalue weighted by Gasteiger charge is 2.56. The van der Waals surface area contributed by atoms with Crippen LogP contribution in [0.3, 0.4) is 0 Å².